The summed E-state index contributed by atoms with van der Waals surface area (Å²) < 4.78 is 7.69. The predicted octanol–water partition coefficient (Wildman–Crippen LogP) is 2.47. The highest BCUT2D eigenvalue weighted by Crippen LogP contribution is 2.09. The van der Waals surface area contributed by atoms with Crippen molar-refractivity contribution in [3.05, 3.63) is 54.0 Å². The second kappa shape index (κ2) is 7.25. The summed E-state index contributed by atoms with van der Waals surface area (Å²) in [6.07, 6.45) is 3.06. The quantitative estimate of drug-likeness (QED) is 0.448. The zero-order valence-corrected chi connectivity index (χ0v) is 11.3. The van der Waals surface area contributed by atoms with Crippen LogP contribution >= 0.6 is 11.9 Å². The molecule has 0 fully saturated rings. The van der Waals surface area contributed by atoms with Crippen molar-refractivity contribution in [2.24, 2.45) is 5.10 Å². The lowest BCUT2D eigenvalue weighted by atomic mass is 10.2. The zero-order valence-electron chi connectivity index (χ0n) is 10.4. The molecular formula is C13H13N3O3S. The van der Waals surface area contributed by atoms with Crippen molar-refractivity contribution in [2.45, 2.75) is 5.75 Å². The van der Waals surface area contributed by atoms with Crippen LogP contribution in [0, 0.1) is 0 Å². The van der Waals surface area contributed by atoms with Gasteiger partial charge in [-0.1, -0.05) is 0 Å². The first-order valence-electron chi connectivity index (χ1n) is 5.76. The van der Waals surface area contributed by atoms with Gasteiger partial charge in [0.25, 0.3) is 0 Å². The molecule has 0 aliphatic heterocycles. The normalized spacial score (nSPS) is 10.6. The maximum absolute atomic E-state index is 11.4. The molecule has 0 unspecified atom stereocenters. The van der Waals surface area contributed by atoms with Gasteiger partial charge in [0.05, 0.1) is 18.2 Å². The summed E-state index contributed by atoms with van der Waals surface area (Å²) in [7, 11) is 0. The third-order valence-corrected chi connectivity index (χ3v) is 2.99. The molecule has 2 rings (SSSR count). The Hall–Kier alpha value is -2.41. The molecule has 1 aromatic carbocycles. The van der Waals surface area contributed by atoms with E-state index in [9.17, 15) is 4.79 Å². The minimum atomic E-state index is -0.420. The number of nitrogens with zero attached hydrogens (tertiary/aromatic N) is 1. The summed E-state index contributed by atoms with van der Waals surface area (Å²) in [5.74, 6) is 1.51. The van der Waals surface area contributed by atoms with E-state index in [2.05, 4.69) is 15.2 Å². The number of hydrogen-bond acceptors (Lipinski definition) is 5. The molecule has 0 saturated carbocycles. The largest absolute Gasteiger partial charge is 0.508 e. The monoisotopic (exact) mass is 291 g/mol. The van der Waals surface area contributed by atoms with Gasteiger partial charge in [-0.25, -0.2) is 10.2 Å². The fourth-order valence-electron chi connectivity index (χ4n) is 1.32. The lowest BCUT2D eigenvalue weighted by Crippen LogP contribution is -2.27. The van der Waals surface area contributed by atoms with Crippen LogP contribution in [0.15, 0.2) is 52.2 Å². The standard InChI is InChI=1S/C13H13N3O3S/c17-11-5-3-10(4-6-11)8-14-15-13(18)16-20-9-12-2-1-7-19-12/h1-8,17H,9H2,(H2,15,16,18)/b14-8+. The molecule has 6 nitrogen and oxygen atoms in total. The lowest BCUT2D eigenvalue weighted by molar-refractivity contribution is 0.247. The number of carbonyl (C=O) groups is 1. The van der Waals surface area contributed by atoms with E-state index < -0.39 is 6.03 Å². The second-order valence-corrected chi connectivity index (χ2v) is 4.54. The predicted molar refractivity (Wildman–Crippen MR) is 77.4 cm³/mol. The van der Waals surface area contributed by atoms with Gasteiger partial charge < -0.3 is 9.52 Å². The van der Waals surface area contributed by atoms with Gasteiger partial charge in [0.1, 0.15) is 11.5 Å². The molecule has 0 atom stereocenters. The summed E-state index contributed by atoms with van der Waals surface area (Å²) in [6.45, 7) is 0. The van der Waals surface area contributed by atoms with Gasteiger partial charge in [-0.05, 0) is 53.9 Å². The van der Waals surface area contributed by atoms with Crippen molar-refractivity contribution in [1.82, 2.24) is 10.1 Å². The van der Waals surface area contributed by atoms with Crippen LogP contribution in [0.4, 0.5) is 4.79 Å². The maximum Gasteiger partial charge on any atom is 0.345 e. The smallest absolute Gasteiger partial charge is 0.345 e. The van der Waals surface area contributed by atoms with Crippen LogP contribution in [0.1, 0.15) is 11.3 Å². The zero-order chi connectivity index (χ0) is 14.2. The first-order chi connectivity index (χ1) is 9.74. The summed E-state index contributed by atoms with van der Waals surface area (Å²) in [5.41, 5.74) is 3.10. The van der Waals surface area contributed by atoms with Gasteiger partial charge in [-0.15, -0.1) is 0 Å². The van der Waals surface area contributed by atoms with Gasteiger partial charge >= 0.3 is 6.03 Å². The number of nitrogens with one attached hydrogen (secondary N) is 2. The summed E-state index contributed by atoms with van der Waals surface area (Å²) in [6, 6.07) is 9.65. The van der Waals surface area contributed by atoms with E-state index in [-0.39, 0.29) is 5.75 Å². The first-order valence-corrected chi connectivity index (χ1v) is 6.75. The molecule has 1 heterocycles. The molecule has 0 radical (unpaired) electrons. The van der Waals surface area contributed by atoms with E-state index in [1.54, 1.807) is 36.6 Å². The van der Waals surface area contributed by atoms with Gasteiger partial charge in [0, 0.05) is 0 Å². The first kappa shape index (κ1) is 14.0. The fraction of sp³-hybridized carbons (Fsp3) is 0.0769. The van der Waals surface area contributed by atoms with Crippen LogP contribution in [0.5, 0.6) is 5.75 Å². The number of urea groups is 1. The van der Waals surface area contributed by atoms with Gasteiger partial charge in [-0.3, -0.25) is 4.72 Å². The summed E-state index contributed by atoms with van der Waals surface area (Å²) in [5, 5.41) is 12.9. The highest BCUT2D eigenvalue weighted by molar-refractivity contribution is 7.97. The Morgan fingerprint density at radius 1 is 1.35 bits per heavy atom. The molecule has 0 saturated heterocycles. The highest BCUT2D eigenvalue weighted by Gasteiger charge is 2.00. The van der Waals surface area contributed by atoms with Crippen LogP contribution < -0.4 is 10.1 Å². The lowest BCUT2D eigenvalue weighted by Gasteiger charge is -2.01. The molecule has 1 aromatic heterocycles. The average Bonchev–Trinajstić information content (AvgIpc) is 2.94. The van der Waals surface area contributed by atoms with E-state index >= 15 is 0 Å². The minimum Gasteiger partial charge on any atom is -0.508 e. The number of hydrazone groups is 1. The van der Waals surface area contributed by atoms with Gasteiger partial charge in [0.15, 0.2) is 0 Å². The summed E-state index contributed by atoms with van der Waals surface area (Å²) in [4.78, 5) is 11.4. The van der Waals surface area contributed by atoms with Crippen LogP contribution in [0.25, 0.3) is 0 Å². The molecule has 3 N–H and O–H groups in total. The van der Waals surface area contributed by atoms with Crippen LogP contribution in [0.3, 0.4) is 0 Å². The Morgan fingerprint density at radius 2 is 2.15 bits per heavy atom. The van der Waals surface area contributed by atoms with Crippen LogP contribution in [0.2, 0.25) is 0 Å². The number of amides is 2. The molecule has 0 bridgehead atoms. The molecule has 2 aromatic rings. The number of hydrogen-bond donors (Lipinski definition) is 3. The minimum absolute atomic E-state index is 0.183. The highest BCUT2D eigenvalue weighted by atomic mass is 32.2. The SMILES string of the molecule is O=C(N/N=C/c1ccc(O)cc1)NSCc1ccco1. The van der Waals surface area contributed by atoms with Crippen molar-refractivity contribution in [3.8, 4) is 5.75 Å². The number of carbonyl (C=O) groups excluding carboxylic acids is 1. The number of phenols is 1. The van der Waals surface area contributed by atoms with Gasteiger partial charge in [0.2, 0.25) is 0 Å². The van der Waals surface area contributed by atoms with Crippen LogP contribution in [-0.4, -0.2) is 17.4 Å². The third kappa shape index (κ3) is 4.69. The van der Waals surface area contributed by atoms with Crippen molar-refractivity contribution >= 4 is 24.2 Å². The van der Waals surface area contributed by atoms with E-state index in [0.29, 0.717) is 5.75 Å². The second-order valence-electron chi connectivity index (χ2n) is 3.76. The Kier molecular flexibility index (Phi) is 5.08. The molecule has 7 heteroatoms. The number of phenolic OH excluding ortho intramolecular Hbond substituents is 1. The molecule has 20 heavy (non-hydrogen) atoms. The number of benzene rings is 1. The van der Waals surface area contributed by atoms with Crippen molar-refractivity contribution in [1.29, 1.82) is 0 Å². The average molecular weight is 291 g/mol. The summed E-state index contributed by atoms with van der Waals surface area (Å²) >= 11 is 1.20. The number of furan rings is 1. The Bertz CT molecular complexity index is 567. The third-order valence-electron chi connectivity index (χ3n) is 2.23. The molecule has 0 aliphatic rings. The molecule has 0 aliphatic carbocycles. The number of aromatic hydroxyl groups is 1. The topological polar surface area (TPSA) is 86.9 Å². The Balaban J connectivity index is 1.68. The number of rotatable bonds is 5. The van der Waals surface area contributed by atoms with E-state index in [4.69, 9.17) is 9.52 Å². The maximum atomic E-state index is 11.4. The molecule has 2 amide bonds. The van der Waals surface area contributed by atoms with Crippen molar-refractivity contribution in [3.63, 3.8) is 0 Å². The molecule has 104 valence electrons. The van der Waals surface area contributed by atoms with Crippen molar-refractivity contribution in [2.75, 3.05) is 0 Å². The molecular weight excluding hydrogens is 278 g/mol. The molecule has 0 spiro atoms. The fourth-order valence-corrected chi connectivity index (χ4v) is 1.87. The van der Waals surface area contributed by atoms with Crippen LogP contribution in [-0.2, 0) is 5.75 Å². The Labute approximate surface area is 120 Å². The van der Waals surface area contributed by atoms with E-state index in [1.165, 1.54) is 18.2 Å². The Morgan fingerprint density at radius 3 is 2.85 bits per heavy atom. The van der Waals surface area contributed by atoms with Gasteiger partial charge in [-0.2, -0.15) is 5.10 Å². The van der Waals surface area contributed by atoms with E-state index in [0.717, 1.165) is 11.3 Å². The van der Waals surface area contributed by atoms with E-state index in [1.807, 2.05) is 6.07 Å². The van der Waals surface area contributed by atoms with Crippen molar-refractivity contribution < 1.29 is 14.3 Å².